The Morgan fingerprint density at radius 1 is 1.24 bits per heavy atom. The van der Waals surface area contributed by atoms with Crippen LogP contribution in [0.2, 0.25) is 0 Å². The molecule has 0 radical (unpaired) electrons. The molecule has 1 atom stereocenters. The average Bonchev–Trinajstić information content (AvgIpc) is 3.47. The van der Waals surface area contributed by atoms with E-state index in [4.69, 9.17) is 4.42 Å². The number of halogens is 3. The van der Waals surface area contributed by atoms with Gasteiger partial charge in [0.1, 0.15) is 11.5 Å². The summed E-state index contributed by atoms with van der Waals surface area (Å²) in [4.78, 5) is 14.6. The highest BCUT2D eigenvalue weighted by Crippen LogP contribution is 2.25. The van der Waals surface area contributed by atoms with Crippen molar-refractivity contribution in [2.75, 3.05) is 25.4 Å². The molecule has 0 saturated heterocycles. The molecule has 1 N–H and O–H groups in total. The van der Waals surface area contributed by atoms with Crippen molar-refractivity contribution in [1.82, 2.24) is 30.4 Å². The topological polar surface area (TPSA) is 98.3 Å². The second kappa shape index (κ2) is 11.2. The lowest BCUT2D eigenvalue weighted by atomic mass is 10.2. The second-order valence-electron chi connectivity index (χ2n) is 6.76. The van der Waals surface area contributed by atoms with Crippen LogP contribution in [0.1, 0.15) is 25.6 Å². The van der Waals surface area contributed by atoms with Crippen molar-refractivity contribution >= 4 is 17.7 Å². The molecular weight excluding hydrogens is 461 g/mol. The molecule has 0 bridgehead atoms. The maximum Gasteiger partial charge on any atom is 0.573 e. The molecule has 1 amide bonds. The summed E-state index contributed by atoms with van der Waals surface area (Å²) in [5.41, 5.74) is 0.428. The first-order valence-corrected chi connectivity index (χ1v) is 11.1. The van der Waals surface area contributed by atoms with Gasteiger partial charge < -0.3 is 14.5 Å². The van der Waals surface area contributed by atoms with Crippen molar-refractivity contribution in [3.05, 3.63) is 48.4 Å². The van der Waals surface area contributed by atoms with Crippen molar-refractivity contribution in [1.29, 1.82) is 0 Å². The molecule has 1 unspecified atom stereocenters. The fraction of sp³-hybridized carbons (Fsp3) is 0.400. The highest BCUT2D eigenvalue weighted by Gasteiger charge is 2.31. The monoisotopic (exact) mass is 484 g/mol. The van der Waals surface area contributed by atoms with Crippen molar-refractivity contribution in [3.63, 3.8) is 0 Å². The molecule has 2 aromatic heterocycles. The largest absolute Gasteiger partial charge is 0.573 e. The molecule has 9 nitrogen and oxygen atoms in total. The summed E-state index contributed by atoms with van der Waals surface area (Å²) < 4.78 is 47.7. The summed E-state index contributed by atoms with van der Waals surface area (Å²) in [6.45, 7) is 6.06. The average molecular weight is 485 g/mol. The van der Waals surface area contributed by atoms with Gasteiger partial charge in [0, 0.05) is 6.54 Å². The van der Waals surface area contributed by atoms with E-state index in [0.717, 1.165) is 42.7 Å². The number of benzene rings is 1. The first kappa shape index (κ1) is 24.6. The summed E-state index contributed by atoms with van der Waals surface area (Å²) >= 11 is 1.11. The van der Waals surface area contributed by atoms with Crippen molar-refractivity contribution < 1.29 is 27.1 Å². The zero-order valence-corrected chi connectivity index (χ0v) is 18.8. The van der Waals surface area contributed by atoms with Crippen LogP contribution >= 0.6 is 11.8 Å². The van der Waals surface area contributed by atoms with E-state index >= 15 is 0 Å². The van der Waals surface area contributed by atoms with Gasteiger partial charge in [0.15, 0.2) is 0 Å². The Bertz CT molecular complexity index is 1010. The number of nitrogens with one attached hydrogen (secondary N) is 1. The van der Waals surface area contributed by atoms with Crippen LogP contribution in [0.5, 0.6) is 5.75 Å². The molecule has 13 heteroatoms. The Balaban J connectivity index is 1.57. The number of likely N-dealkylation sites (N-methyl/N-ethyl adjacent to an activating group) is 1. The molecule has 3 aromatic rings. The SMILES string of the molecule is CCN(CC)C(CNC(=O)CSc1nnnn1-c1ccc(OC(F)(F)F)cc1)c1ccco1. The molecule has 0 aliphatic heterocycles. The van der Waals surface area contributed by atoms with Gasteiger partial charge in [-0.05, 0) is 59.9 Å². The molecule has 178 valence electrons. The van der Waals surface area contributed by atoms with Crippen molar-refractivity contribution in [2.45, 2.75) is 31.4 Å². The minimum atomic E-state index is -4.77. The highest BCUT2D eigenvalue weighted by molar-refractivity contribution is 7.99. The summed E-state index contributed by atoms with van der Waals surface area (Å²) in [5.74, 6) is 0.256. The Hall–Kier alpha value is -3.06. The van der Waals surface area contributed by atoms with E-state index in [0.29, 0.717) is 17.4 Å². The Morgan fingerprint density at radius 3 is 2.58 bits per heavy atom. The fourth-order valence-electron chi connectivity index (χ4n) is 3.17. The van der Waals surface area contributed by atoms with Gasteiger partial charge in [-0.1, -0.05) is 25.6 Å². The lowest BCUT2D eigenvalue weighted by Gasteiger charge is -2.28. The van der Waals surface area contributed by atoms with Gasteiger partial charge in [-0.3, -0.25) is 9.69 Å². The van der Waals surface area contributed by atoms with Gasteiger partial charge in [0.25, 0.3) is 0 Å². The predicted octanol–water partition coefficient (Wildman–Crippen LogP) is 3.45. The molecule has 0 spiro atoms. The maximum atomic E-state index is 12.5. The van der Waals surface area contributed by atoms with Crippen LogP contribution in [-0.2, 0) is 4.79 Å². The molecule has 0 saturated carbocycles. The molecule has 0 aliphatic rings. The molecular formula is C20H23F3N6O3S. The predicted molar refractivity (Wildman–Crippen MR) is 114 cm³/mol. The minimum Gasteiger partial charge on any atom is -0.468 e. The third kappa shape index (κ3) is 6.96. The molecule has 0 aliphatic carbocycles. The van der Waals surface area contributed by atoms with Crippen LogP contribution < -0.4 is 10.1 Å². The first-order valence-electron chi connectivity index (χ1n) is 10.1. The molecule has 3 rings (SSSR count). The van der Waals surface area contributed by atoms with E-state index in [-0.39, 0.29) is 23.5 Å². The lowest BCUT2D eigenvalue weighted by Crippen LogP contribution is -2.38. The van der Waals surface area contributed by atoms with Gasteiger partial charge in [0.2, 0.25) is 11.1 Å². The third-order valence-corrected chi connectivity index (χ3v) is 5.62. The van der Waals surface area contributed by atoms with Gasteiger partial charge in [-0.2, -0.15) is 4.68 Å². The van der Waals surface area contributed by atoms with Crippen LogP contribution in [0.25, 0.3) is 5.69 Å². The van der Waals surface area contributed by atoms with Crippen LogP contribution in [-0.4, -0.2) is 62.8 Å². The number of carbonyl (C=O) groups is 1. The number of amides is 1. The van der Waals surface area contributed by atoms with E-state index in [1.54, 1.807) is 6.26 Å². The lowest BCUT2D eigenvalue weighted by molar-refractivity contribution is -0.274. The Morgan fingerprint density at radius 2 is 1.97 bits per heavy atom. The minimum absolute atomic E-state index is 0.0543. The summed E-state index contributed by atoms with van der Waals surface area (Å²) in [6, 6.07) is 8.70. The number of ether oxygens (including phenoxy) is 1. The van der Waals surface area contributed by atoms with Crippen molar-refractivity contribution in [3.8, 4) is 11.4 Å². The highest BCUT2D eigenvalue weighted by atomic mass is 32.2. The number of furan rings is 1. The number of hydrogen-bond donors (Lipinski definition) is 1. The summed E-state index contributed by atoms with van der Waals surface area (Å²) in [5, 5.41) is 14.6. The Labute approximate surface area is 192 Å². The Kier molecular flexibility index (Phi) is 8.33. The van der Waals surface area contributed by atoms with Gasteiger partial charge in [-0.25, -0.2) is 0 Å². The van der Waals surface area contributed by atoms with Crippen LogP contribution in [0.3, 0.4) is 0 Å². The summed E-state index contributed by atoms with van der Waals surface area (Å²) in [7, 11) is 0. The van der Waals surface area contributed by atoms with E-state index in [1.165, 1.54) is 16.8 Å². The zero-order valence-electron chi connectivity index (χ0n) is 18.0. The van der Waals surface area contributed by atoms with E-state index in [2.05, 4.69) is 30.5 Å². The molecule has 1 aromatic carbocycles. The standard InChI is InChI=1S/C20H23F3N6O3S/c1-3-28(4-2)16(17-6-5-11-31-17)12-24-18(30)13-33-19-25-26-27-29(19)14-7-9-15(10-8-14)32-20(21,22)23/h5-11,16H,3-4,12-13H2,1-2H3,(H,24,30). The number of aromatic nitrogens is 4. The summed E-state index contributed by atoms with van der Waals surface area (Å²) in [6.07, 6.45) is -3.17. The third-order valence-electron chi connectivity index (χ3n) is 4.71. The van der Waals surface area contributed by atoms with Crippen molar-refractivity contribution in [2.24, 2.45) is 0 Å². The molecule has 2 heterocycles. The number of nitrogens with zero attached hydrogens (tertiary/aromatic N) is 5. The number of alkyl halides is 3. The normalized spacial score (nSPS) is 12.7. The number of hydrogen-bond acceptors (Lipinski definition) is 8. The quantitative estimate of drug-likeness (QED) is 0.414. The number of carbonyl (C=O) groups excluding carboxylic acids is 1. The second-order valence-corrected chi connectivity index (χ2v) is 7.70. The maximum absolute atomic E-state index is 12.5. The molecule has 0 fully saturated rings. The number of rotatable bonds is 11. The molecule has 33 heavy (non-hydrogen) atoms. The number of tetrazole rings is 1. The van der Waals surface area contributed by atoms with E-state index < -0.39 is 6.36 Å². The fourth-order valence-corrected chi connectivity index (χ4v) is 3.89. The zero-order chi connectivity index (χ0) is 23.8. The number of thioether (sulfide) groups is 1. The van der Waals surface area contributed by atoms with E-state index in [1.807, 2.05) is 26.0 Å². The van der Waals surface area contributed by atoms with Crippen LogP contribution in [0.15, 0.2) is 52.2 Å². The van der Waals surface area contributed by atoms with Gasteiger partial charge >= 0.3 is 6.36 Å². The first-order chi connectivity index (χ1) is 15.8. The van der Waals surface area contributed by atoms with Crippen LogP contribution in [0, 0.1) is 0 Å². The van der Waals surface area contributed by atoms with E-state index in [9.17, 15) is 18.0 Å². The smallest absolute Gasteiger partial charge is 0.468 e. The van der Waals surface area contributed by atoms with Gasteiger partial charge in [-0.15, -0.1) is 18.3 Å². The van der Waals surface area contributed by atoms with Gasteiger partial charge in [0.05, 0.1) is 23.7 Å². The van der Waals surface area contributed by atoms with Crippen LogP contribution in [0.4, 0.5) is 13.2 Å².